The van der Waals surface area contributed by atoms with Crippen molar-refractivity contribution >= 4 is 69.4 Å². The molecular formula is C23H26N6O9S2. The highest BCUT2D eigenvalue weighted by molar-refractivity contribution is 8.00. The summed E-state index contributed by atoms with van der Waals surface area (Å²) in [4.78, 5) is 83.8. The second-order valence-corrected chi connectivity index (χ2v) is 11.2. The number of β-lactam (4-membered cyclic amide) rings is 1. The SMILES string of the molecule is CON=C(C(=O)NC1C(=O)N2C(C(=O)OCOC(=O)C(C)(C)C)=C(C=CC(=O)C(N)=O)CS[C@@H]12)c1csc(N)n1. The van der Waals surface area contributed by atoms with Crippen LogP contribution in [-0.2, 0) is 43.1 Å². The minimum Gasteiger partial charge on any atom is -0.427 e. The maximum Gasteiger partial charge on any atom is 0.358 e. The molecule has 214 valence electrons. The highest BCUT2D eigenvalue weighted by atomic mass is 32.2. The number of esters is 2. The number of primary amides is 1. The zero-order chi connectivity index (χ0) is 29.8. The molecule has 1 aromatic rings. The van der Waals surface area contributed by atoms with Crippen molar-refractivity contribution in [1.82, 2.24) is 15.2 Å². The highest BCUT2D eigenvalue weighted by Crippen LogP contribution is 2.41. The first-order valence-electron chi connectivity index (χ1n) is 11.4. The summed E-state index contributed by atoms with van der Waals surface area (Å²) < 4.78 is 10.0. The Morgan fingerprint density at radius 3 is 2.52 bits per heavy atom. The quantitative estimate of drug-likeness (QED) is 0.0589. The number of rotatable bonds is 10. The van der Waals surface area contributed by atoms with Crippen LogP contribution >= 0.6 is 23.1 Å². The number of nitrogens with zero attached hydrogens (tertiary/aromatic N) is 3. The van der Waals surface area contributed by atoms with Crippen molar-refractivity contribution in [3.63, 3.8) is 0 Å². The largest absolute Gasteiger partial charge is 0.427 e. The smallest absolute Gasteiger partial charge is 0.358 e. The molecule has 0 bridgehead atoms. The average Bonchev–Trinajstić information content (AvgIpc) is 3.32. The number of oxime groups is 1. The van der Waals surface area contributed by atoms with Crippen molar-refractivity contribution in [2.75, 3.05) is 25.4 Å². The van der Waals surface area contributed by atoms with Crippen LogP contribution in [-0.4, -0.2) is 82.1 Å². The fourth-order valence-electron chi connectivity index (χ4n) is 3.34. The van der Waals surface area contributed by atoms with E-state index in [1.54, 1.807) is 20.8 Å². The number of allylic oxidation sites excluding steroid dienone is 1. The Hall–Kier alpha value is -4.25. The summed E-state index contributed by atoms with van der Waals surface area (Å²) in [5.41, 5.74) is 9.60. The van der Waals surface area contributed by atoms with Gasteiger partial charge in [-0.3, -0.25) is 28.9 Å². The van der Waals surface area contributed by atoms with E-state index in [4.69, 9.17) is 25.8 Å². The molecule has 0 aliphatic carbocycles. The molecule has 2 aliphatic heterocycles. The van der Waals surface area contributed by atoms with E-state index in [2.05, 4.69) is 15.5 Å². The van der Waals surface area contributed by atoms with Crippen LogP contribution in [0.3, 0.4) is 0 Å². The number of thiazole rings is 1. The zero-order valence-electron chi connectivity index (χ0n) is 21.8. The van der Waals surface area contributed by atoms with E-state index in [1.807, 2.05) is 0 Å². The second-order valence-electron chi connectivity index (χ2n) is 9.22. The van der Waals surface area contributed by atoms with Gasteiger partial charge in [0.2, 0.25) is 12.6 Å². The molecule has 2 atom stereocenters. The van der Waals surface area contributed by atoms with Crippen molar-refractivity contribution in [3.8, 4) is 0 Å². The molecule has 3 amide bonds. The molecule has 1 aromatic heterocycles. The van der Waals surface area contributed by atoms with E-state index in [0.29, 0.717) is 0 Å². The van der Waals surface area contributed by atoms with Crippen molar-refractivity contribution < 1.29 is 43.1 Å². The normalized spacial score (nSPS) is 19.1. The van der Waals surface area contributed by atoms with E-state index in [-0.39, 0.29) is 33.6 Å². The Balaban J connectivity index is 1.83. The number of hydrogen-bond acceptors (Lipinski definition) is 14. The van der Waals surface area contributed by atoms with Crippen LogP contribution in [0.2, 0.25) is 0 Å². The lowest BCUT2D eigenvalue weighted by Gasteiger charge is -2.49. The number of ether oxygens (including phenoxy) is 2. The minimum absolute atomic E-state index is 0.0806. The van der Waals surface area contributed by atoms with Gasteiger partial charge in [0.05, 0.1) is 5.41 Å². The molecule has 1 fully saturated rings. The molecule has 0 radical (unpaired) electrons. The fraction of sp³-hybridized carbons (Fsp3) is 0.391. The van der Waals surface area contributed by atoms with Crippen LogP contribution in [0.5, 0.6) is 0 Å². The highest BCUT2D eigenvalue weighted by Gasteiger charge is 2.54. The van der Waals surface area contributed by atoms with Gasteiger partial charge in [-0.05, 0) is 32.4 Å². The number of nitrogens with one attached hydrogen (secondary N) is 1. The first-order valence-corrected chi connectivity index (χ1v) is 13.4. The van der Waals surface area contributed by atoms with Gasteiger partial charge in [-0.1, -0.05) is 11.2 Å². The molecule has 2 aliphatic rings. The van der Waals surface area contributed by atoms with Crippen LogP contribution in [0.15, 0.2) is 34.0 Å². The van der Waals surface area contributed by atoms with Crippen molar-refractivity contribution in [2.24, 2.45) is 16.3 Å². The Labute approximate surface area is 235 Å². The summed E-state index contributed by atoms with van der Waals surface area (Å²) in [6.45, 7) is 4.10. The molecule has 0 aromatic carbocycles. The van der Waals surface area contributed by atoms with Crippen LogP contribution in [0.1, 0.15) is 26.5 Å². The molecule has 3 heterocycles. The lowest BCUT2D eigenvalue weighted by Crippen LogP contribution is -2.71. The molecule has 5 N–H and O–H groups in total. The van der Waals surface area contributed by atoms with Gasteiger partial charge in [-0.2, -0.15) is 0 Å². The van der Waals surface area contributed by atoms with Crippen molar-refractivity contribution in [2.45, 2.75) is 32.2 Å². The van der Waals surface area contributed by atoms with E-state index < -0.39 is 59.1 Å². The summed E-state index contributed by atoms with van der Waals surface area (Å²) >= 11 is 2.25. The number of fused-ring (bicyclic) bond motifs is 1. The summed E-state index contributed by atoms with van der Waals surface area (Å²) in [6, 6.07) is -1.07. The maximum absolute atomic E-state index is 13.2. The van der Waals surface area contributed by atoms with Gasteiger partial charge < -0.3 is 31.1 Å². The predicted octanol–water partition coefficient (Wildman–Crippen LogP) is -0.570. The van der Waals surface area contributed by atoms with Crippen LogP contribution in [0.4, 0.5) is 5.13 Å². The summed E-state index contributed by atoms with van der Waals surface area (Å²) in [5, 5.41) is 7.18. The number of hydrogen-bond donors (Lipinski definition) is 3. The molecule has 0 saturated carbocycles. The monoisotopic (exact) mass is 594 g/mol. The molecule has 40 heavy (non-hydrogen) atoms. The third kappa shape index (κ3) is 6.66. The number of carbonyl (C=O) groups is 6. The summed E-state index contributed by atoms with van der Waals surface area (Å²) in [5.74, 6) is -5.27. The van der Waals surface area contributed by atoms with Gasteiger partial charge in [0.25, 0.3) is 17.7 Å². The van der Waals surface area contributed by atoms with E-state index in [0.717, 1.165) is 22.3 Å². The average molecular weight is 595 g/mol. The Morgan fingerprint density at radius 2 is 1.95 bits per heavy atom. The lowest BCUT2D eigenvalue weighted by atomic mass is 9.98. The molecule has 3 rings (SSSR count). The Morgan fingerprint density at radius 1 is 1.25 bits per heavy atom. The molecule has 1 saturated heterocycles. The first kappa shape index (κ1) is 30.3. The second kappa shape index (κ2) is 12.3. The molecule has 0 spiro atoms. The van der Waals surface area contributed by atoms with Crippen molar-refractivity contribution in [3.05, 3.63) is 34.5 Å². The number of nitrogens with two attached hydrogens (primary N) is 2. The summed E-state index contributed by atoms with van der Waals surface area (Å²) in [6.07, 6.45) is 2.03. The maximum atomic E-state index is 13.2. The number of anilines is 1. The topological polar surface area (TPSA) is 223 Å². The number of aromatic nitrogens is 1. The van der Waals surface area contributed by atoms with Gasteiger partial charge in [-0.25, -0.2) is 9.78 Å². The Bertz CT molecular complexity index is 1340. The van der Waals surface area contributed by atoms with Crippen LogP contribution < -0.4 is 16.8 Å². The van der Waals surface area contributed by atoms with Gasteiger partial charge in [0.1, 0.15) is 29.9 Å². The molecule has 17 heteroatoms. The Kier molecular flexibility index (Phi) is 9.31. The lowest BCUT2D eigenvalue weighted by molar-refractivity contribution is -0.173. The number of thioether (sulfide) groups is 1. The zero-order valence-corrected chi connectivity index (χ0v) is 23.4. The predicted molar refractivity (Wildman–Crippen MR) is 142 cm³/mol. The van der Waals surface area contributed by atoms with Gasteiger partial charge in [0.15, 0.2) is 10.8 Å². The van der Waals surface area contributed by atoms with Crippen LogP contribution in [0, 0.1) is 5.41 Å². The van der Waals surface area contributed by atoms with Gasteiger partial charge in [-0.15, -0.1) is 23.1 Å². The number of nitrogen functional groups attached to an aromatic ring is 1. The molecular weight excluding hydrogens is 568 g/mol. The number of ketones is 1. The first-order chi connectivity index (χ1) is 18.8. The minimum atomic E-state index is -1.21. The third-order valence-electron chi connectivity index (χ3n) is 5.31. The summed E-state index contributed by atoms with van der Waals surface area (Å²) in [7, 11) is 1.23. The fourth-order valence-corrected chi connectivity index (χ4v) is 5.21. The van der Waals surface area contributed by atoms with Gasteiger partial charge in [0, 0.05) is 11.1 Å². The van der Waals surface area contributed by atoms with Gasteiger partial charge >= 0.3 is 11.9 Å². The molecule has 15 nitrogen and oxygen atoms in total. The third-order valence-corrected chi connectivity index (χ3v) is 7.29. The molecule has 1 unspecified atom stereocenters. The van der Waals surface area contributed by atoms with Crippen LogP contribution in [0.25, 0.3) is 0 Å². The van der Waals surface area contributed by atoms with Crippen molar-refractivity contribution in [1.29, 1.82) is 0 Å². The number of carbonyl (C=O) groups excluding carboxylic acids is 6. The standard InChI is InChI=1S/C23H26N6O9S2/c1-23(2,3)21(35)38-9-37-20(34)15-10(5-6-12(30)16(24)31)7-39-19-14(18(33)29(15)19)27-17(32)13(28-36-4)11-8-40-22(25)26-11/h5-6,8,14,19H,7,9H2,1-4H3,(H2,24,31)(H2,25,26)(H,27,32)/t14?,19-/m0/s1. The van der Waals surface area contributed by atoms with E-state index in [9.17, 15) is 28.8 Å². The van der Waals surface area contributed by atoms with E-state index >= 15 is 0 Å². The van der Waals surface area contributed by atoms with E-state index in [1.165, 1.54) is 30.3 Å². The number of amides is 3.